The van der Waals surface area contributed by atoms with Gasteiger partial charge in [0.05, 0.1) is 12.6 Å². The van der Waals surface area contributed by atoms with Crippen LogP contribution < -0.4 is 10.1 Å². The number of methoxy groups -OCH3 is 1. The molecule has 5 rings (SSSR count). The lowest BCUT2D eigenvalue weighted by Gasteiger charge is -2.29. The lowest BCUT2D eigenvalue weighted by molar-refractivity contribution is -0.116. The highest BCUT2D eigenvalue weighted by atomic mass is 16.5. The average Bonchev–Trinajstić information content (AvgIpc) is 2.87. The summed E-state index contributed by atoms with van der Waals surface area (Å²) < 4.78 is 5.39. The van der Waals surface area contributed by atoms with Gasteiger partial charge in [-0.1, -0.05) is 36.4 Å². The van der Waals surface area contributed by atoms with E-state index in [-0.39, 0.29) is 5.91 Å². The molecule has 1 aromatic heterocycles. The molecule has 0 bridgehead atoms. The van der Waals surface area contributed by atoms with E-state index in [1.54, 1.807) is 7.11 Å². The minimum atomic E-state index is 0.0169. The van der Waals surface area contributed by atoms with Gasteiger partial charge in [0.1, 0.15) is 5.75 Å². The number of hydrogen-bond donors (Lipinski definition) is 1. The van der Waals surface area contributed by atoms with Crippen LogP contribution in [0.1, 0.15) is 28.7 Å². The summed E-state index contributed by atoms with van der Waals surface area (Å²) in [6, 6.07) is 24.7. The molecule has 172 valence electrons. The Kier molecular flexibility index (Phi) is 6.54. The van der Waals surface area contributed by atoms with E-state index in [0.29, 0.717) is 12.8 Å². The molecule has 0 saturated carbocycles. The fourth-order valence-electron chi connectivity index (χ4n) is 4.69. The van der Waals surface area contributed by atoms with Crippen LogP contribution in [0.4, 0.5) is 5.69 Å². The summed E-state index contributed by atoms with van der Waals surface area (Å²) in [7, 11) is 1.66. The zero-order valence-corrected chi connectivity index (χ0v) is 19.5. The second-order valence-electron chi connectivity index (χ2n) is 8.83. The summed E-state index contributed by atoms with van der Waals surface area (Å²) in [6.45, 7) is 2.81. The molecule has 0 atom stereocenters. The maximum atomic E-state index is 12.6. The summed E-state index contributed by atoms with van der Waals surface area (Å²) in [5.74, 6) is 0.843. The number of para-hydroxylation sites is 1. The van der Waals surface area contributed by atoms with Crippen molar-refractivity contribution in [1.29, 1.82) is 0 Å². The fraction of sp³-hybridized carbons (Fsp3) is 0.241. The van der Waals surface area contributed by atoms with Crippen LogP contribution in [0, 0.1) is 0 Å². The number of benzene rings is 3. The topological polar surface area (TPSA) is 54.5 Å². The lowest BCUT2D eigenvalue weighted by Crippen LogP contribution is -2.30. The molecule has 1 amide bonds. The number of pyridine rings is 1. The number of carbonyl (C=O) groups excluding carboxylic acids is 1. The van der Waals surface area contributed by atoms with E-state index in [4.69, 9.17) is 4.74 Å². The predicted molar refractivity (Wildman–Crippen MR) is 136 cm³/mol. The first-order chi connectivity index (χ1) is 16.7. The van der Waals surface area contributed by atoms with Gasteiger partial charge in [-0.2, -0.15) is 0 Å². The zero-order valence-electron chi connectivity index (χ0n) is 19.5. The number of hydrogen-bond acceptors (Lipinski definition) is 4. The fourth-order valence-corrected chi connectivity index (χ4v) is 4.69. The molecule has 1 aliphatic rings. The number of nitrogens with zero attached hydrogens (tertiary/aromatic N) is 2. The van der Waals surface area contributed by atoms with Crippen LogP contribution in [0.3, 0.4) is 0 Å². The van der Waals surface area contributed by atoms with Crippen molar-refractivity contribution in [2.24, 2.45) is 0 Å². The summed E-state index contributed by atoms with van der Waals surface area (Å²) in [6.07, 6.45) is 3.92. The van der Waals surface area contributed by atoms with Crippen molar-refractivity contribution in [3.05, 3.63) is 101 Å². The summed E-state index contributed by atoms with van der Waals surface area (Å²) in [5.41, 5.74) is 6.89. The minimum Gasteiger partial charge on any atom is -0.496 e. The van der Waals surface area contributed by atoms with E-state index in [1.165, 1.54) is 22.1 Å². The Hall–Kier alpha value is -3.70. The maximum absolute atomic E-state index is 12.6. The Morgan fingerprint density at radius 3 is 2.85 bits per heavy atom. The quantitative estimate of drug-likeness (QED) is 0.410. The SMILES string of the molecule is COc1ccccc1CCC(=O)Nc1ccc2c(c1)CN(Cc1ccc3ncccc3c1)CC2. The number of aryl methyl sites for hydroxylation is 1. The standard InChI is InChI=1S/C29H29N3O2/c1-34-28-7-3-2-5-23(28)10-13-29(33)31-26-11-9-22-14-16-32(20-25(22)18-26)19-21-8-12-27-24(17-21)6-4-15-30-27/h2-9,11-12,15,17-18H,10,13-14,16,19-20H2,1H3,(H,31,33). The molecule has 1 aliphatic heterocycles. The van der Waals surface area contributed by atoms with Gasteiger partial charge in [0.2, 0.25) is 5.91 Å². The Morgan fingerprint density at radius 1 is 1.03 bits per heavy atom. The smallest absolute Gasteiger partial charge is 0.224 e. The third kappa shape index (κ3) is 5.10. The third-order valence-corrected chi connectivity index (χ3v) is 6.47. The van der Waals surface area contributed by atoms with Gasteiger partial charge in [-0.15, -0.1) is 0 Å². The van der Waals surface area contributed by atoms with Crippen molar-refractivity contribution in [3.8, 4) is 5.75 Å². The molecule has 34 heavy (non-hydrogen) atoms. The first kappa shape index (κ1) is 22.1. The molecule has 3 aromatic carbocycles. The molecule has 0 fully saturated rings. The van der Waals surface area contributed by atoms with Gasteiger partial charge in [0.15, 0.2) is 0 Å². The maximum Gasteiger partial charge on any atom is 0.224 e. The van der Waals surface area contributed by atoms with Gasteiger partial charge < -0.3 is 10.1 Å². The number of rotatable bonds is 7. The lowest BCUT2D eigenvalue weighted by atomic mass is 9.98. The number of ether oxygens (including phenoxy) is 1. The highest BCUT2D eigenvalue weighted by Crippen LogP contribution is 2.25. The molecular formula is C29H29N3O2. The molecule has 0 radical (unpaired) electrons. The summed E-state index contributed by atoms with van der Waals surface area (Å²) >= 11 is 0. The first-order valence-electron chi connectivity index (χ1n) is 11.8. The van der Waals surface area contributed by atoms with Crippen LogP contribution in [0.15, 0.2) is 79.0 Å². The number of amides is 1. The van der Waals surface area contributed by atoms with Crippen LogP contribution in [-0.4, -0.2) is 29.4 Å². The Morgan fingerprint density at radius 2 is 1.94 bits per heavy atom. The van der Waals surface area contributed by atoms with Crippen molar-refractivity contribution in [1.82, 2.24) is 9.88 Å². The number of nitrogens with one attached hydrogen (secondary N) is 1. The summed E-state index contributed by atoms with van der Waals surface area (Å²) in [5, 5.41) is 4.26. The van der Waals surface area contributed by atoms with Crippen LogP contribution in [0.2, 0.25) is 0 Å². The monoisotopic (exact) mass is 451 g/mol. The normalized spacial score (nSPS) is 13.4. The number of anilines is 1. The Labute approximate surface area is 200 Å². The van der Waals surface area contributed by atoms with E-state index in [1.807, 2.05) is 42.6 Å². The number of aromatic nitrogens is 1. The highest BCUT2D eigenvalue weighted by Gasteiger charge is 2.17. The predicted octanol–water partition coefficient (Wildman–Crippen LogP) is 5.37. The zero-order chi connectivity index (χ0) is 23.3. The Bertz CT molecular complexity index is 1320. The first-order valence-corrected chi connectivity index (χ1v) is 11.8. The molecule has 5 nitrogen and oxygen atoms in total. The molecule has 4 aromatic rings. The van der Waals surface area contributed by atoms with E-state index in [0.717, 1.165) is 48.6 Å². The van der Waals surface area contributed by atoms with E-state index >= 15 is 0 Å². The minimum absolute atomic E-state index is 0.0169. The molecule has 1 N–H and O–H groups in total. The van der Waals surface area contributed by atoms with Gasteiger partial charge in [-0.05, 0) is 71.5 Å². The molecule has 0 saturated heterocycles. The van der Waals surface area contributed by atoms with E-state index in [9.17, 15) is 4.79 Å². The van der Waals surface area contributed by atoms with Crippen LogP contribution >= 0.6 is 0 Å². The molecule has 0 unspecified atom stereocenters. The molecule has 0 aliphatic carbocycles. The molecule has 0 spiro atoms. The number of carbonyl (C=O) groups is 1. The molecule has 5 heteroatoms. The second-order valence-corrected chi connectivity index (χ2v) is 8.83. The van der Waals surface area contributed by atoms with Crippen molar-refractivity contribution in [2.75, 3.05) is 19.0 Å². The van der Waals surface area contributed by atoms with Gasteiger partial charge >= 0.3 is 0 Å². The molecular weight excluding hydrogens is 422 g/mol. The van der Waals surface area contributed by atoms with Gasteiger partial charge in [0.25, 0.3) is 0 Å². The van der Waals surface area contributed by atoms with E-state index in [2.05, 4.69) is 51.6 Å². The van der Waals surface area contributed by atoms with Crippen molar-refractivity contribution >= 4 is 22.5 Å². The molecule has 2 heterocycles. The number of fused-ring (bicyclic) bond motifs is 2. The van der Waals surface area contributed by atoms with Crippen LogP contribution in [0.5, 0.6) is 5.75 Å². The second kappa shape index (κ2) is 10.1. The van der Waals surface area contributed by atoms with Gasteiger partial charge in [0, 0.05) is 43.3 Å². The van der Waals surface area contributed by atoms with E-state index < -0.39 is 0 Å². The van der Waals surface area contributed by atoms with Crippen LogP contribution in [0.25, 0.3) is 10.9 Å². The van der Waals surface area contributed by atoms with Crippen molar-refractivity contribution in [2.45, 2.75) is 32.4 Å². The van der Waals surface area contributed by atoms with Crippen molar-refractivity contribution in [3.63, 3.8) is 0 Å². The van der Waals surface area contributed by atoms with Crippen LogP contribution in [-0.2, 0) is 30.7 Å². The Balaban J connectivity index is 1.21. The largest absolute Gasteiger partial charge is 0.496 e. The summed E-state index contributed by atoms with van der Waals surface area (Å²) in [4.78, 5) is 19.5. The highest BCUT2D eigenvalue weighted by molar-refractivity contribution is 5.91. The van der Waals surface area contributed by atoms with Gasteiger partial charge in [-0.25, -0.2) is 0 Å². The van der Waals surface area contributed by atoms with Crippen molar-refractivity contribution < 1.29 is 9.53 Å². The third-order valence-electron chi connectivity index (χ3n) is 6.47. The van der Waals surface area contributed by atoms with Gasteiger partial charge in [-0.3, -0.25) is 14.7 Å². The average molecular weight is 452 g/mol.